The molecule has 3 aromatic carbocycles. The van der Waals surface area contributed by atoms with Gasteiger partial charge in [0.1, 0.15) is 29.8 Å². The van der Waals surface area contributed by atoms with Crippen LogP contribution in [0.2, 0.25) is 0 Å². The van der Waals surface area contributed by atoms with E-state index >= 15 is 0 Å². The first-order valence-corrected chi connectivity index (χ1v) is 11.3. The van der Waals surface area contributed by atoms with Crippen molar-refractivity contribution in [3.05, 3.63) is 96.6 Å². The summed E-state index contributed by atoms with van der Waals surface area (Å²) in [6.45, 7) is 0.369. The highest BCUT2D eigenvalue weighted by atomic mass is 79.9. The number of hydrogen-bond donors (Lipinski definition) is 1. The molecule has 1 N–H and O–H groups in total. The van der Waals surface area contributed by atoms with E-state index in [1.165, 1.54) is 24.3 Å². The molecular formula is C23H14Br3FN2O2. The number of carbonyl (C=O) groups excluding carboxylic acids is 1. The summed E-state index contributed by atoms with van der Waals surface area (Å²) in [6.07, 6.45) is 1.42. The number of anilines is 1. The highest BCUT2D eigenvalue weighted by Crippen LogP contribution is 2.36. The molecule has 0 unspecified atom stereocenters. The summed E-state index contributed by atoms with van der Waals surface area (Å²) in [5, 5.41) is 11.8. The molecule has 0 saturated carbocycles. The standard InChI is InChI=1S/C23H14Br3FN2O2/c24-17-7-5-14(6-8-17)13-31-22-18(25)10-15(11-19(22)26)9-16(12-28)23(30)29-21-4-2-1-3-20(21)27/h1-11H,13H2,(H,29,30)/b16-9-. The molecule has 0 aliphatic carbocycles. The van der Waals surface area contributed by atoms with E-state index in [9.17, 15) is 14.4 Å². The van der Waals surface area contributed by atoms with E-state index in [0.29, 0.717) is 26.9 Å². The Balaban J connectivity index is 1.78. The predicted octanol–water partition coefficient (Wildman–Crippen LogP) is 7.24. The molecule has 31 heavy (non-hydrogen) atoms. The van der Waals surface area contributed by atoms with Crippen molar-refractivity contribution in [1.29, 1.82) is 5.26 Å². The van der Waals surface area contributed by atoms with Crippen LogP contribution in [0.3, 0.4) is 0 Å². The smallest absolute Gasteiger partial charge is 0.266 e. The lowest BCUT2D eigenvalue weighted by Crippen LogP contribution is -2.14. The molecule has 8 heteroatoms. The Morgan fingerprint density at radius 3 is 2.32 bits per heavy atom. The third kappa shape index (κ3) is 6.26. The van der Waals surface area contributed by atoms with Gasteiger partial charge in [0, 0.05) is 4.47 Å². The molecule has 0 aliphatic heterocycles. The number of halogens is 4. The van der Waals surface area contributed by atoms with E-state index in [0.717, 1.165) is 10.0 Å². The topological polar surface area (TPSA) is 62.1 Å². The zero-order valence-corrected chi connectivity index (χ0v) is 20.6. The summed E-state index contributed by atoms with van der Waals surface area (Å²) in [4.78, 5) is 12.4. The van der Waals surface area contributed by atoms with Crippen molar-refractivity contribution >= 4 is 65.5 Å². The van der Waals surface area contributed by atoms with Crippen LogP contribution in [0, 0.1) is 17.1 Å². The van der Waals surface area contributed by atoms with Crippen LogP contribution in [-0.4, -0.2) is 5.91 Å². The first-order chi connectivity index (χ1) is 14.9. The van der Waals surface area contributed by atoms with Crippen LogP contribution in [-0.2, 0) is 11.4 Å². The van der Waals surface area contributed by atoms with Gasteiger partial charge in [-0.2, -0.15) is 5.26 Å². The van der Waals surface area contributed by atoms with Crippen LogP contribution in [0.15, 0.2) is 79.7 Å². The average molecular weight is 609 g/mol. The Hall–Kier alpha value is -2.47. The van der Waals surface area contributed by atoms with Crippen molar-refractivity contribution in [1.82, 2.24) is 0 Å². The number of carbonyl (C=O) groups is 1. The first kappa shape index (κ1) is 23.2. The van der Waals surface area contributed by atoms with E-state index in [1.807, 2.05) is 30.3 Å². The summed E-state index contributed by atoms with van der Waals surface area (Å²) in [6, 6.07) is 18.9. The molecule has 0 heterocycles. The second-order valence-electron chi connectivity index (χ2n) is 6.33. The van der Waals surface area contributed by atoms with Gasteiger partial charge in [-0.25, -0.2) is 4.39 Å². The van der Waals surface area contributed by atoms with Crippen LogP contribution in [0.5, 0.6) is 5.75 Å². The zero-order valence-electron chi connectivity index (χ0n) is 15.8. The fourth-order valence-corrected chi connectivity index (χ4v) is 4.32. The lowest BCUT2D eigenvalue weighted by atomic mass is 10.1. The summed E-state index contributed by atoms with van der Waals surface area (Å²) in [7, 11) is 0. The van der Waals surface area contributed by atoms with E-state index in [-0.39, 0.29) is 11.3 Å². The van der Waals surface area contributed by atoms with Gasteiger partial charge in [0.15, 0.2) is 0 Å². The molecule has 0 atom stereocenters. The molecule has 4 nitrogen and oxygen atoms in total. The SMILES string of the molecule is N#C/C(=C/c1cc(Br)c(OCc2ccc(Br)cc2)c(Br)c1)C(=O)Nc1ccccc1F. The molecule has 0 aliphatic rings. The summed E-state index contributed by atoms with van der Waals surface area (Å²) in [5.74, 6) is -0.685. The van der Waals surface area contributed by atoms with Gasteiger partial charge in [-0.15, -0.1) is 0 Å². The highest BCUT2D eigenvalue weighted by Gasteiger charge is 2.14. The van der Waals surface area contributed by atoms with Gasteiger partial charge in [-0.3, -0.25) is 4.79 Å². The maximum atomic E-state index is 13.8. The fraction of sp³-hybridized carbons (Fsp3) is 0.0435. The van der Waals surface area contributed by atoms with Gasteiger partial charge >= 0.3 is 0 Å². The molecule has 0 bridgehead atoms. The number of nitrogens with one attached hydrogen (secondary N) is 1. The zero-order chi connectivity index (χ0) is 22.4. The molecule has 0 fully saturated rings. The summed E-state index contributed by atoms with van der Waals surface area (Å²) >= 11 is 10.3. The maximum Gasteiger partial charge on any atom is 0.266 e. The number of para-hydroxylation sites is 1. The van der Waals surface area contributed by atoms with Gasteiger partial charge in [0.05, 0.1) is 14.6 Å². The van der Waals surface area contributed by atoms with Crippen molar-refractivity contribution in [2.75, 3.05) is 5.32 Å². The van der Waals surface area contributed by atoms with Crippen LogP contribution >= 0.6 is 47.8 Å². The Morgan fingerprint density at radius 1 is 1.06 bits per heavy atom. The number of ether oxygens (including phenoxy) is 1. The Kier molecular flexibility index (Phi) is 8.02. The normalized spacial score (nSPS) is 11.0. The number of benzene rings is 3. The summed E-state index contributed by atoms with van der Waals surface area (Å²) < 4.78 is 22.0. The predicted molar refractivity (Wildman–Crippen MR) is 129 cm³/mol. The van der Waals surface area contributed by atoms with Gasteiger partial charge in [-0.05, 0) is 85.5 Å². The molecule has 1 amide bonds. The number of amides is 1. The molecule has 3 rings (SSSR count). The molecule has 3 aromatic rings. The van der Waals surface area contributed by atoms with Gasteiger partial charge in [-0.1, -0.05) is 40.2 Å². The van der Waals surface area contributed by atoms with Crippen LogP contribution in [0.4, 0.5) is 10.1 Å². The lowest BCUT2D eigenvalue weighted by Gasteiger charge is -2.12. The minimum atomic E-state index is -0.699. The van der Waals surface area contributed by atoms with E-state index < -0.39 is 11.7 Å². The molecule has 0 radical (unpaired) electrons. The Labute approximate surface area is 204 Å². The van der Waals surface area contributed by atoms with Gasteiger partial charge < -0.3 is 10.1 Å². The van der Waals surface area contributed by atoms with Crippen molar-refractivity contribution < 1.29 is 13.9 Å². The Bertz CT molecular complexity index is 1170. The second kappa shape index (κ2) is 10.7. The van der Waals surface area contributed by atoms with Crippen molar-refractivity contribution in [2.45, 2.75) is 6.61 Å². The quantitative estimate of drug-likeness (QED) is 0.237. The van der Waals surface area contributed by atoms with Crippen molar-refractivity contribution in [2.24, 2.45) is 0 Å². The lowest BCUT2D eigenvalue weighted by molar-refractivity contribution is -0.112. The average Bonchev–Trinajstić information content (AvgIpc) is 2.74. The second-order valence-corrected chi connectivity index (χ2v) is 8.96. The van der Waals surface area contributed by atoms with Crippen LogP contribution in [0.25, 0.3) is 6.08 Å². The summed E-state index contributed by atoms with van der Waals surface area (Å²) in [5.41, 5.74) is 1.44. The first-order valence-electron chi connectivity index (χ1n) is 8.91. The number of rotatable bonds is 6. The molecule has 0 saturated heterocycles. The van der Waals surface area contributed by atoms with E-state index in [1.54, 1.807) is 18.2 Å². The van der Waals surface area contributed by atoms with E-state index in [4.69, 9.17) is 4.74 Å². The van der Waals surface area contributed by atoms with Gasteiger partial charge in [0.2, 0.25) is 0 Å². The van der Waals surface area contributed by atoms with Crippen molar-refractivity contribution in [3.8, 4) is 11.8 Å². The molecule has 0 spiro atoms. The third-order valence-electron chi connectivity index (χ3n) is 4.12. The Morgan fingerprint density at radius 2 is 1.71 bits per heavy atom. The minimum Gasteiger partial charge on any atom is -0.487 e. The minimum absolute atomic E-state index is 0.00713. The van der Waals surface area contributed by atoms with Crippen LogP contribution < -0.4 is 10.1 Å². The van der Waals surface area contributed by atoms with E-state index in [2.05, 4.69) is 53.1 Å². The maximum absolute atomic E-state index is 13.8. The molecule has 156 valence electrons. The fourth-order valence-electron chi connectivity index (χ4n) is 2.60. The molecular weight excluding hydrogens is 595 g/mol. The third-order valence-corrected chi connectivity index (χ3v) is 5.82. The molecule has 0 aromatic heterocycles. The monoisotopic (exact) mass is 606 g/mol. The largest absolute Gasteiger partial charge is 0.487 e. The van der Waals surface area contributed by atoms with Crippen LogP contribution in [0.1, 0.15) is 11.1 Å². The number of nitrogens with zero attached hydrogens (tertiary/aromatic N) is 1. The highest BCUT2D eigenvalue weighted by molar-refractivity contribution is 9.11. The number of hydrogen-bond acceptors (Lipinski definition) is 3. The van der Waals surface area contributed by atoms with Crippen molar-refractivity contribution in [3.63, 3.8) is 0 Å². The van der Waals surface area contributed by atoms with Gasteiger partial charge in [0.25, 0.3) is 5.91 Å². The number of nitriles is 1.